The molecular formula is C12H17ClN2O2. The third-order valence-electron chi connectivity index (χ3n) is 2.33. The maximum Gasteiger partial charge on any atom is 0.239 e. The van der Waals surface area contributed by atoms with Gasteiger partial charge in [-0.3, -0.25) is 4.79 Å². The molecule has 0 saturated carbocycles. The minimum atomic E-state index is -0.619. The molecule has 1 amide bonds. The number of rotatable bonds is 6. The average Bonchev–Trinajstić information content (AvgIpc) is 2.31. The highest BCUT2D eigenvalue weighted by Gasteiger charge is 2.11. The van der Waals surface area contributed by atoms with Crippen molar-refractivity contribution in [3.05, 3.63) is 34.9 Å². The van der Waals surface area contributed by atoms with Crippen LogP contribution in [0.4, 0.5) is 0 Å². The molecule has 94 valence electrons. The van der Waals surface area contributed by atoms with E-state index in [1.165, 1.54) is 7.11 Å². The zero-order chi connectivity index (χ0) is 12.7. The van der Waals surface area contributed by atoms with Gasteiger partial charge >= 0.3 is 0 Å². The van der Waals surface area contributed by atoms with Crippen LogP contribution in [0.3, 0.4) is 0 Å². The second-order valence-corrected chi connectivity index (χ2v) is 4.10. The number of hydrogen-bond acceptors (Lipinski definition) is 3. The minimum absolute atomic E-state index is 0.209. The van der Waals surface area contributed by atoms with E-state index in [1.54, 1.807) is 0 Å². The third-order valence-corrected chi connectivity index (χ3v) is 2.70. The number of amides is 1. The Morgan fingerprint density at radius 1 is 1.53 bits per heavy atom. The van der Waals surface area contributed by atoms with Crippen LogP contribution in [0.5, 0.6) is 0 Å². The Hall–Kier alpha value is -1.10. The summed E-state index contributed by atoms with van der Waals surface area (Å²) in [7, 11) is 1.51. The first-order valence-corrected chi connectivity index (χ1v) is 5.78. The fraction of sp³-hybridized carbons (Fsp3) is 0.417. The predicted molar refractivity (Wildman–Crippen MR) is 68.0 cm³/mol. The summed E-state index contributed by atoms with van der Waals surface area (Å²) in [6.07, 6.45) is 0.686. The molecule has 0 aliphatic carbocycles. The smallest absolute Gasteiger partial charge is 0.239 e. The van der Waals surface area contributed by atoms with E-state index in [-0.39, 0.29) is 12.5 Å². The molecule has 1 atom stereocenters. The average molecular weight is 257 g/mol. The lowest BCUT2D eigenvalue weighted by atomic mass is 10.1. The molecule has 0 bridgehead atoms. The van der Waals surface area contributed by atoms with Gasteiger partial charge in [-0.15, -0.1) is 0 Å². The van der Waals surface area contributed by atoms with Crippen molar-refractivity contribution in [3.63, 3.8) is 0 Å². The summed E-state index contributed by atoms with van der Waals surface area (Å²) in [5.74, 6) is -0.209. The normalized spacial score (nSPS) is 12.2. The number of hydrogen-bond donors (Lipinski definition) is 2. The van der Waals surface area contributed by atoms with E-state index < -0.39 is 6.04 Å². The lowest BCUT2D eigenvalue weighted by Gasteiger charge is -2.11. The van der Waals surface area contributed by atoms with Gasteiger partial charge in [0.15, 0.2) is 0 Å². The fourth-order valence-electron chi connectivity index (χ4n) is 1.41. The standard InChI is InChI=1S/C12H17ClN2O2/c1-17-8-11(14)12(16)15-7-6-9-4-2-3-5-10(9)13/h2-5,11H,6-8,14H2,1H3,(H,15,16). The SMILES string of the molecule is COCC(N)C(=O)NCCc1ccccc1Cl. The molecule has 17 heavy (non-hydrogen) atoms. The summed E-state index contributed by atoms with van der Waals surface area (Å²) in [5.41, 5.74) is 6.58. The summed E-state index contributed by atoms with van der Waals surface area (Å²) in [6.45, 7) is 0.734. The second kappa shape index (κ2) is 7.27. The third kappa shape index (κ3) is 4.73. The number of ether oxygens (including phenoxy) is 1. The number of carbonyl (C=O) groups is 1. The van der Waals surface area contributed by atoms with Crippen molar-refractivity contribution in [2.75, 3.05) is 20.3 Å². The summed E-state index contributed by atoms with van der Waals surface area (Å²) >= 11 is 5.99. The van der Waals surface area contributed by atoms with Crippen molar-refractivity contribution in [2.45, 2.75) is 12.5 Å². The molecule has 3 N–H and O–H groups in total. The van der Waals surface area contributed by atoms with Gasteiger partial charge in [-0.1, -0.05) is 29.8 Å². The molecule has 0 fully saturated rings. The molecule has 1 rings (SSSR count). The predicted octanol–water partition coefficient (Wildman–Crippen LogP) is 0.972. The number of nitrogens with one attached hydrogen (secondary N) is 1. The summed E-state index contributed by atoms with van der Waals surface area (Å²) < 4.78 is 4.80. The van der Waals surface area contributed by atoms with E-state index in [0.29, 0.717) is 18.0 Å². The van der Waals surface area contributed by atoms with Gasteiger partial charge in [0.2, 0.25) is 5.91 Å². The van der Waals surface area contributed by atoms with Crippen molar-refractivity contribution < 1.29 is 9.53 Å². The molecule has 0 radical (unpaired) electrons. The highest BCUT2D eigenvalue weighted by Crippen LogP contribution is 2.14. The monoisotopic (exact) mass is 256 g/mol. The van der Waals surface area contributed by atoms with Crippen LogP contribution >= 0.6 is 11.6 Å². The Morgan fingerprint density at radius 2 is 2.24 bits per heavy atom. The topological polar surface area (TPSA) is 64.3 Å². The first kappa shape index (κ1) is 14.0. The van der Waals surface area contributed by atoms with Crippen LogP contribution in [0, 0.1) is 0 Å². The summed E-state index contributed by atoms with van der Waals surface area (Å²) in [4.78, 5) is 11.5. The molecule has 1 aromatic rings. The number of methoxy groups -OCH3 is 1. The quantitative estimate of drug-likeness (QED) is 0.797. The van der Waals surface area contributed by atoms with E-state index in [4.69, 9.17) is 22.1 Å². The fourth-order valence-corrected chi connectivity index (χ4v) is 1.64. The molecule has 4 nitrogen and oxygen atoms in total. The Balaban J connectivity index is 2.33. The van der Waals surface area contributed by atoms with E-state index in [1.807, 2.05) is 24.3 Å². The molecule has 0 aliphatic heterocycles. The Morgan fingerprint density at radius 3 is 2.88 bits per heavy atom. The van der Waals surface area contributed by atoms with E-state index in [2.05, 4.69) is 5.32 Å². The molecule has 0 heterocycles. The molecule has 1 unspecified atom stereocenters. The molecule has 0 saturated heterocycles. The second-order valence-electron chi connectivity index (χ2n) is 3.69. The molecule has 0 aliphatic rings. The maximum atomic E-state index is 11.5. The van der Waals surface area contributed by atoms with E-state index in [9.17, 15) is 4.79 Å². The Kier molecular flexibility index (Phi) is 5.97. The number of halogens is 1. The van der Waals surface area contributed by atoms with E-state index >= 15 is 0 Å². The Bertz CT molecular complexity index is 371. The molecule has 5 heteroatoms. The van der Waals surface area contributed by atoms with Crippen LogP contribution in [0.15, 0.2) is 24.3 Å². The molecule has 0 spiro atoms. The summed E-state index contributed by atoms with van der Waals surface area (Å²) in [5, 5.41) is 3.45. The largest absolute Gasteiger partial charge is 0.383 e. The van der Waals surface area contributed by atoms with Crippen molar-refractivity contribution in [3.8, 4) is 0 Å². The van der Waals surface area contributed by atoms with Gasteiger partial charge in [-0.2, -0.15) is 0 Å². The lowest BCUT2D eigenvalue weighted by molar-refractivity contribution is -0.123. The van der Waals surface area contributed by atoms with Gasteiger partial charge in [-0.05, 0) is 18.1 Å². The molecular weight excluding hydrogens is 240 g/mol. The van der Waals surface area contributed by atoms with Crippen molar-refractivity contribution >= 4 is 17.5 Å². The van der Waals surface area contributed by atoms with Crippen LogP contribution in [0.25, 0.3) is 0 Å². The zero-order valence-corrected chi connectivity index (χ0v) is 10.5. The maximum absolute atomic E-state index is 11.5. The highest BCUT2D eigenvalue weighted by molar-refractivity contribution is 6.31. The first-order chi connectivity index (χ1) is 8.15. The zero-order valence-electron chi connectivity index (χ0n) is 9.78. The Labute approximate surface area is 106 Å². The van der Waals surface area contributed by atoms with Crippen molar-refractivity contribution in [1.82, 2.24) is 5.32 Å². The lowest BCUT2D eigenvalue weighted by Crippen LogP contribution is -2.44. The first-order valence-electron chi connectivity index (χ1n) is 5.40. The highest BCUT2D eigenvalue weighted by atomic mass is 35.5. The summed E-state index contributed by atoms with van der Waals surface area (Å²) in [6, 6.07) is 6.93. The number of carbonyl (C=O) groups excluding carboxylic acids is 1. The van der Waals surface area contributed by atoms with Gasteiger partial charge in [0.25, 0.3) is 0 Å². The molecule has 1 aromatic carbocycles. The van der Waals surface area contributed by atoms with Gasteiger partial charge in [0.1, 0.15) is 6.04 Å². The van der Waals surface area contributed by atoms with Gasteiger partial charge in [0, 0.05) is 18.7 Å². The number of benzene rings is 1. The van der Waals surface area contributed by atoms with Crippen molar-refractivity contribution in [2.24, 2.45) is 5.73 Å². The van der Waals surface area contributed by atoms with Crippen LogP contribution in [0.2, 0.25) is 5.02 Å². The van der Waals surface area contributed by atoms with E-state index in [0.717, 1.165) is 5.56 Å². The number of nitrogens with two attached hydrogens (primary N) is 1. The van der Waals surface area contributed by atoms with Crippen LogP contribution in [-0.2, 0) is 16.0 Å². The van der Waals surface area contributed by atoms with Crippen molar-refractivity contribution in [1.29, 1.82) is 0 Å². The van der Waals surface area contributed by atoms with Crippen LogP contribution < -0.4 is 11.1 Å². The van der Waals surface area contributed by atoms with Gasteiger partial charge < -0.3 is 15.8 Å². The molecule has 0 aromatic heterocycles. The van der Waals surface area contributed by atoms with Gasteiger partial charge in [0.05, 0.1) is 6.61 Å². The van der Waals surface area contributed by atoms with Gasteiger partial charge in [-0.25, -0.2) is 0 Å². The van der Waals surface area contributed by atoms with Crippen LogP contribution in [0.1, 0.15) is 5.56 Å². The van der Waals surface area contributed by atoms with Crippen LogP contribution in [-0.4, -0.2) is 32.2 Å². The minimum Gasteiger partial charge on any atom is -0.383 e.